The van der Waals surface area contributed by atoms with Crippen molar-refractivity contribution in [1.29, 1.82) is 5.39 Å². The maximum Gasteiger partial charge on any atom is 0.430 e. The normalized spacial score (nSPS) is 8.56. The summed E-state index contributed by atoms with van der Waals surface area (Å²) >= 11 is 0. The van der Waals surface area contributed by atoms with Crippen LogP contribution in [0.2, 0.25) is 0 Å². The second-order valence-electron chi connectivity index (χ2n) is 2.55. The molecule has 0 saturated carbocycles. The monoisotopic (exact) mass is 245 g/mol. The van der Waals surface area contributed by atoms with Crippen molar-refractivity contribution in [2.24, 2.45) is 0 Å². The molecule has 1 rings (SSSR count). The zero-order chi connectivity index (χ0) is 11.4. The molecule has 0 radical (unpaired) electrons. The van der Waals surface area contributed by atoms with Crippen LogP contribution in [0.25, 0.3) is 4.98 Å². The Morgan fingerprint density at radius 1 is 1.31 bits per heavy atom. The summed E-state index contributed by atoms with van der Waals surface area (Å²) in [6.07, 6.45) is 0. The maximum atomic E-state index is 10.6. The van der Waals surface area contributed by atoms with Gasteiger partial charge < -0.3 is 21.9 Å². The highest BCUT2D eigenvalue weighted by molar-refractivity contribution is 5.67. The van der Waals surface area contributed by atoms with E-state index in [2.05, 4.69) is 4.98 Å². The molecule has 0 aliphatic carbocycles. The molecule has 0 unspecified atom stereocenters. The minimum Gasteiger partial charge on any atom is -1.00 e. The van der Waals surface area contributed by atoms with Crippen LogP contribution in [0.3, 0.4) is 0 Å². The van der Waals surface area contributed by atoms with E-state index >= 15 is 0 Å². The van der Waals surface area contributed by atoms with Crippen LogP contribution < -0.4 is 21.9 Å². The molecule has 0 atom stereocenters. The molecule has 0 amide bonds. The predicted octanol–water partition coefficient (Wildman–Crippen LogP) is -0.899. The van der Waals surface area contributed by atoms with Gasteiger partial charge >= 0.3 is 11.4 Å². The zero-order valence-corrected chi connectivity index (χ0v) is 9.26. The lowest BCUT2D eigenvalue weighted by atomic mass is 10.2. The molecule has 0 fully saturated rings. The largest absolute Gasteiger partial charge is 1.00 e. The number of methoxy groups -OCH3 is 2. The molecule has 0 N–H and O–H groups in total. The molecule has 0 saturated heterocycles. The van der Waals surface area contributed by atoms with Gasteiger partial charge in [-0.25, -0.2) is 0 Å². The number of nitro groups is 1. The van der Waals surface area contributed by atoms with Crippen molar-refractivity contribution in [2.45, 2.75) is 0 Å². The van der Waals surface area contributed by atoms with Crippen LogP contribution >= 0.6 is 0 Å². The summed E-state index contributed by atoms with van der Waals surface area (Å²) in [6.45, 7) is 0. The molecule has 0 aliphatic heterocycles. The van der Waals surface area contributed by atoms with Gasteiger partial charge in [0.15, 0.2) is 4.98 Å². The van der Waals surface area contributed by atoms with E-state index < -0.39 is 4.92 Å². The van der Waals surface area contributed by atoms with E-state index in [0.717, 1.165) is 6.07 Å². The molecule has 7 nitrogen and oxygen atoms in total. The van der Waals surface area contributed by atoms with E-state index in [0.29, 0.717) is 0 Å². The Morgan fingerprint density at radius 3 is 2.25 bits per heavy atom. The van der Waals surface area contributed by atoms with E-state index in [9.17, 15) is 10.1 Å². The number of rotatable bonds is 3. The number of hydrogen-bond donors (Lipinski definition) is 0. The summed E-state index contributed by atoms with van der Waals surface area (Å²) in [7, 11) is 2.61. The van der Waals surface area contributed by atoms with Crippen molar-refractivity contribution in [1.82, 2.24) is 0 Å². The van der Waals surface area contributed by atoms with Crippen LogP contribution in [0.4, 0.5) is 11.4 Å². The van der Waals surface area contributed by atoms with E-state index in [1.165, 1.54) is 20.3 Å². The second-order valence-corrected chi connectivity index (χ2v) is 2.55. The van der Waals surface area contributed by atoms with Crippen molar-refractivity contribution in [3.63, 3.8) is 0 Å². The summed E-state index contributed by atoms with van der Waals surface area (Å²) < 4.78 is 9.59. The van der Waals surface area contributed by atoms with E-state index in [4.69, 9.17) is 14.9 Å². The number of diazo groups is 1. The fourth-order valence-corrected chi connectivity index (χ4v) is 1.09. The summed E-state index contributed by atoms with van der Waals surface area (Å²) in [4.78, 5) is 12.9. The van der Waals surface area contributed by atoms with Gasteiger partial charge in [0.05, 0.1) is 31.3 Å². The third-order valence-electron chi connectivity index (χ3n) is 1.78. The first-order valence-electron chi connectivity index (χ1n) is 3.89. The van der Waals surface area contributed by atoms with Crippen molar-refractivity contribution in [2.75, 3.05) is 14.2 Å². The highest BCUT2D eigenvalue weighted by atomic mass is 35.5. The number of halogens is 1. The van der Waals surface area contributed by atoms with Gasteiger partial charge in [-0.1, -0.05) is 0 Å². The van der Waals surface area contributed by atoms with Crippen molar-refractivity contribution in [3.8, 4) is 11.5 Å². The predicted molar refractivity (Wildman–Crippen MR) is 50.9 cm³/mol. The fourth-order valence-electron chi connectivity index (χ4n) is 1.09. The molecular weight excluding hydrogens is 238 g/mol. The van der Waals surface area contributed by atoms with Crippen LogP contribution in [-0.2, 0) is 0 Å². The molecule has 0 bridgehead atoms. The third kappa shape index (κ3) is 2.49. The first-order chi connectivity index (χ1) is 7.13. The van der Waals surface area contributed by atoms with Gasteiger partial charge in [0.25, 0.3) is 0 Å². The molecule has 0 aromatic heterocycles. The van der Waals surface area contributed by atoms with Gasteiger partial charge in [-0.15, -0.1) is 0 Å². The number of nitro benzene ring substituents is 1. The first kappa shape index (κ1) is 13.9. The molecule has 86 valence electrons. The topological polar surface area (TPSA) is 89.8 Å². The van der Waals surface area contributed by atoms with Crippen LogP contribution in [0, 0.1) is 15.5 Å². The Labute approximate surface area is 97.2 Å². The Morgan fingerprint density at radius 2 is 1.88 bits per heavy atom. The fraction of sp³-hybridized carbons (Fsp3) is 0.250. The summed E-state index contributed by atoms with van der Waals surface area (Å²) in [5.74, 6) is 0.110. The zero-order valence-electron chi connectivity index (χ0n) is 8.51. The van der Waals surface area contributed by atoms with Crippen LogP contribution in [0.1, 0.15) is 0 Å². The van der Waals surface area contributed by atoms with E-state index in [1.54, 1.807) is 0 Å². The number of benzene rings is 1. The molecule has 0 aliphatic rings. The minimum absolute atomic E-state index is 0. The molecule has 1 aromatic rings. The Balaban J connectivity index is 0.00000225. The quantitative estimate of drug-likeness (QED) is 0.391. The highest BCUT2D eigenvalue weighted by Crippen LogP contribution is 2.38. The van der Waals surface area contributed by atoms with Crippen molar-refractivity contribution >= 4 is 11.4 Å². The minimum atomic E-state index is -0.609. The average molecular weight is 246 g/mol. The van der Waals surface area contributed by atoms with Crippen molar-refractivity contribution in [3.05, 3.63) is 27.2 Å². The second kappa shape index (κ2) is 5.72. The molecule has 8 heteroatoms. The van der Waals surface area contributed by atoms with Crippen LogP contribution in [0.5, 0.6) is 11.5 Å². The van der Waals surface area contributed by atoms with Gasteiger partial charge in [-0.2, -0.15) is 0 Å². The van der Waals surface area contributed by atoms with Gasteiger partial charge in [0.2, 0.25) is 16.9 Å². The summed E-state index contributed by atoms with van der Waals surface area (Å²) in [5, 5.41) is 19.2. The molecule has 16 heavy (non-hydrogen) atoms. The van der Waals surface area contributed by atoms with Gasteiger partial charge in [-0.3, -0.25) is 10.1 Å². The number of ether oxygens (including phenoxy) is 2. The summed E-state index contributed by atoms with van der Waals surface area (Å²) in [5.41, 5.74) is -0.179. The number of nitrogens with zero attached hydrogens (tertiary/aromatic N) is 3. The van der Waals surface area contributed by atoms with Crippen molar-refractivity contribution < 1.29 is 26.8 Å². The third-order valence-corrected chi connectivity index (χ3v) is 1.78. The van der Waals surface area contributed by atoms with E-state index in [1.807, 2.05) is 0 Å². The van der Waals surface area contributed by atoms with E-state index in [-0.39, 0.29) is 35.3 Å². The van der Waals surface area contributed by atoms with Crippen LogP contribution in [0.15, 0.2) is 12.1 Å². The Kier molecular flexibility index (Phi) is 4.98. The standard InChI is InChI=1S/C8H8N3O4.ClH/c1-14-7-4-6(11(12)13)8(15-2)3-5(7)10-9;/h3-4H,1-2H3;1H/q+1;/p-1. The smallest absolute Gasteiger partial charge is 0.430 e. The molecule has 0 spiro atoms. The highest BCUT2D eigenvalue weighted by Gasteiger charge is 2.25. The van der Waals surface area contributed by atoms with Gasteiger partial charge in [0, 0.05) is 0 Å². The number of hydrogen-bond acceptors (Lipinski definition) is 5. The SMILES string of the molecule is COc1cc([N+](=O)[O-])c(OC)cc1[N+]#N.[Cl-]. The van der Waals surface area contributed by atoms with Gasteiger partial charge in [-0.05, 0) is 0 Å². The Bertz CT molecular complexity index is 444. The lowest BCUT2D eigenvalue weighted by Gasteiger charge is -2.01. The molecule has 1 aromatic carbocycles. The lowest BCUT2D eigenvalue weighted by molar-refractivity contribution is -0.385. The first-order valence-corrected chi connectivity index (χ1v) is 3.89. The lowest BCUT2D eigenvalue weighted by Crippen LogP contribution is -3.00. The Hall–Kier alpha value is -2.07. The van der Waals surface area contributed by atoms with Crippen LogP contribution in [-0.4, -0.2) is 19.1 Å². The maximum absolute atomic E-state index is 10.6. The van der Waals surface area contributed by atoms with Gasteiger partial charge in [0.1, 0.15) is 0 Å². The molecule has 0 heterocycles. The average Bonchev–Trinajstić information content (AvgIpc) is 2.26. The summed E-state index contributed by atoms with van der Waals surface area (Å²) in [6, 6.07) is 2.35. The molecular formula is C8H8ClN3O4.